The molecule has 1 heterocycles. The SMILES string of the molecule is CC(C)(C)CC(C)(C)[N]1[Si](C)(C)[Si](C)(C)[N](C(C)(C)CC(C)(C)C)[Sn]1([CH3])[CH3]. The van der Waals surface area contributed by atoms with Crippen molar-refractivity contribution in [2.24, 2.45) is 10.8 Å². The number of hydrogen-bond acceptors (Lipinski definition) is 2. The molecule has 27 heavy (non-hydrogen) atoms. The van der Waals surface area contributed by atoms with Gasteiger partial charge in [0.05, 0.1) is 0 Å². The van der Waals surface area contributed by atoms with E-state index in [0.29, 0.717) is 21.9 Å². The van der Waals surface area contributed by atoms with Crippen LogP contribution >= 0.6 is 0 Å². The fourth-order valence-corrected chi connectivity index (χ4v) is 79.9. The maximum atomic E-state index is 3.25. The van der Waals surface area contributed by atoms with Crippen molar-refractivity contribution in [3.63, 3.8) is 0 Å². The summed E-state index contributed by atoms with van der Waals surface area (Å²) >= 11 is -2.69. The topological polar surface area (TPSA) is 6.48 Å². The van der Waals surface area contributed by atoms with E-state index in [1.165, 1.54) is 12.8 Å². The second-order valence-corrected chi connectivity index (χ2v) is 42.5. The molecule has 5 heteroatoms. The molecule has 0 radical (unpaired) electrons. The summed E-state index contributed by atoms with van der Waals surface area (Å²) in [6.45, 7) is 35.7. The molecule has 0 unspecified atom stereocenters. The average Bonchev–Trinajstić information content (AvgIpc) is 2.27. The van der Waals surface area contributed by atoms with Gasteiger partial charge in [0.1, 0.15) is 0 Å². The molecule has 0 spiro atoms. The van der Waals surface area contributed by atoms with E-state index in [0.717, 1.165) is 0 Å². The number of hydrogen-bond donors (Lipinski definition) is 0. The summed E-state index contributed by atoms with van der Waals surface area (Å²) in [5.41, 5.74) is 1.33. The molecule has 1 aliphatic rings. The molecule has 0 aromatic carbocycles. The molecule has 0 bridgehead atoms. The zero-order valence-corrected chi connectivity index (χ0v) is 26.7. The van der Waals surface area contributed by atoms with Gasteiger partial charge in [-0.15, -0.1) is 0 Å². The molecule has 0 atom stereocenters. The van der Waals surface area contributed by atoms with Crippen molar-refractivity contribution in [3.8, 4) is 0 Å². The van der Waals surface area contributed by atoms with Crippen LogP contribution < -0.4 is 0 Å². The maximum absolute atomic E-state index is 3.25. The van der Waals surface area contributed by atoms with Crippen molar-refractivity contribution in [1.29, 1.82) is 0 Å². The Bertz CT molecular complexity index is 504. The summed E-state index contributed by atoms with van der Waals surface area (Å²) in [6.07, 6.45) is 2.57. The van der Waals surface area contributed by atoms with E-state index in [1.807, 2.05) is 0 Å². The quantitative estimate of drug-likeness (QED) is 0.362. The van der Waals surface area contributed by atoms with Crippen LogP contribution in [0, 0.1) is 10.8 Å². The van der Waals surface area contributed by atoms with Gasteiger partial charge < -0.3 is 0 Å². The van der Waals surface area contributed by atoms with E-state index >= 15 is 0 Å². The standard InChI is InChI=1S/C20H46N2Si2.2CH3.Sn/c1-17(2,3)15-19(7,8)21-23(11,12)24(13,14)22-20(9,10)16-18(4,5)6;;;/h15-16H2,1-14H3;2*1H3;/q-2;;;+2. The van der Waals surface area contributed by atoms with Crippen molar-refractivity contribution in [2.45, 2.75) is 129 Å². The molecule has 2 nitrogen and oxygen atoms in total. The van der Waals surface area contributed by atoms with Gasteiger partial charge in [-0.3, -0.25) is 0 Å². The molecule has 0 N–H and O–H groups in total. The molecule has 0 aromatic rings. The predicted molar refractivity (Wildman–Crippen MR) is 132 cm³/mol. The summed E-state index contributed by atoms with van der Waals surface area (Å²) in [5.74, 6) is 0. The number of nitrogens with zero attached hydrogens (tertiary/aromatic N) is 2. The summed E-state index contributed by atoms with van der Waals surface area (Å²) in [6, 6.07) is 0. The Morgan fingerprint density at radius 2 is 0.778 bits per heavy atom. The molecule has 1 rings (SSSR count). The Balaban J connectivity index is 3.60. The Kier molecular flexibility index (Phi) is 6.88. The molecule has 0 aliphatic carbocycles. The van der Waals surface area contributed by atoms with Gasteiger partial charge in [0, 0.05) is 0 Å². The summed E-state index contributed by atoms with van der Waals surface area (Å²) < 4.78 is 6.49. The fourth-order valence-electron chi connectivity index (χ4n) is 7.76. The van der Waals surface area contributed by atoms with Crippen molar-refractivity contribution >= 4 is 34.4 Å². The molecule has 0 amide bonds. The molecule has 1 saturated heterocycles. The fraction of sp³-hybridized carbons (Fsp3) is 1.00. The monoisotopic (exact) mass is 520 g/mol. The third-order valence-electron chi connectivity index (χ3n) is 6.85. The second kappa shape index (κ2) is 7.10. The van der Waals surface area contributed by atoms with Crippen LogP contribution in [-0.2, 0) is 0 Å². The van der Waals surface area contributed by atoms with E-state index in [4.69, 9.17) is 0 Å². The van der Waals surface area contributed by atoms with Crippen molar-refractivity contribution in [1.82, 2.24) is 5.57 Å². The van der Waals surface area contributed by atoms with Gasteiger partial charge in [0.2, 0.25) is 0 Å². The van der Waals surface area contributed by atoms with Gasteiger partial charge in [0.15, 0.2) is 0 Å². The summed E-state index contributed by atoms with van der Waals surface area (Å²) in [5, 5.41) is 0. The Morgan fingerprint density at radius 3 is 0.963 bits per heavy atom. The summed E-state index contributed by atoms with van der Waals surface area (Å²) in [7, 11) is -3.05. The van der Waals surface area contributed by atoms with Crippen LogP contribution in [0.2, 0.25) is 36.1 Å². The van der Waals surface area contributed by atoms with Gasteiger partial charge in [-0.25, -0.2) is 0 Å². The van der Waals surface area contributed by atoms with Crippen LogP contribution in [0.5, 0.6) is 0 Å². The van der Waals surface area contributed by atoms with Gasteiger partial charge in [-0.05, 0) is 0 Å². The first-order valence-corrected chi connectivity index (χ1v) is 26.2. The van der Waals surface area contributed by atoms with E-state index in [9.17, 15) is 0 Å². The van der Waals surface area contributed by atoms with Gasteiger partial charge in [-0.1, -0.05) is 0 Å². The number of rotatable bonds is 4. The van der Waals surface area contributed by atoms with E-state index in [2.05, 4.69) is 111 Å². The average molecular weight is 520 g/mol. The second-order valence-electron chi connectivity index (χ2n) is 14.4. The van der Waals surface area contributed by atoms with Gasteiger partial charge in [0.25, 0.3) is 0 Å². The Labute approximate surface area is 179 Å². The van der Waals surface area contributed by atoms with Crippen LogP contribution in [0.3, 0.4) is 0 Å². The Hall–Kier alpha value is 1.15. The first kappa shape index (κ1) is 26.2. The van der Waals surface area contributed by atoms with E-state index < -0.39 is 34.4 Å². The molecular formula is C22H52N2Si2Sn. The van der Waals surface area contributed by atoms with Crippen molar-refractivity contribution in [3.05, 3.63) is 0 Å². The van der Waals surface area contributed by atoms with Gasteiger partial charge in [-0.2, -0.15) is 0 Å². The van der Waals surface area contributed by atoms with E-state index in [1.54, 1.807) is 0 Å². The van der Waals surface area contributed by atoms with Crippen LogP contribution in [0.1, 0.15) is 82.1 Å². The van der Waals surface area contributed by atoms with Gasteiger partial charge >= 0.3 is 180 Å². The third kappa shape index (κ3) is 5.08. The minimum absolute atomic E-state index is 0.296. The van der Waals surface area contributed by atoms with Crippen molar-refractivity contribution < 1.29 is 0 Å². The van der Waals surface area contributed by atoms with Crippen molar-refractivity contribution in [2.75, 3.05) is 0 Å². The summed E-state index contributed by atoms with van der Waals surface area (Å²) in [4.78, 5) is 5.47. The zero-order valence-electron chi connectivity index (χ0n) is 21.8. The van der Waals surface area contributed by atoms with Crippen LogP contribution in [0.25, 0.3) is 0 Å². The molecule has 0 saturated carbocycles. The minimum atomic E-state index is -2.69. The zero-order chi connectivity index (χ0) is 22.1. The first-order valence-electron chi connectivity index (χ1n) is 11.0. The molecule has 1 fully saturated rings. The first-order chi connectivity index (χ1) is 11.4. The molecular weight excluding hydrogens is 467 g/mol. The van der Waals surface area contributed by atoms with E-state index in [-0.39, 0.29) is 0 Å². The van der Waals surface area contributed by atoms with Crippen LogP contribution in [0.4, 0.5) is 0 Å². The Morgan fingerprint density at radius 1 is 0.556 bits per heavy atom. The predicted octanol–water partition coefficient (Wildman–Crippen LogP) is 7.22. The molecule has 162 valence electrons. The molecule has 1 aliphatic heterocycles. The normalized spacial score (nSPS) is 24.4. The third-order valence-corrected chi connectivity index (χ3v) is 54.1. The van der Waals surface area contributed by atoms with Crippen LogP contribution in [-0.4, -0.2) is 51.1 Å². The van der Waals surface area contributed by atoms with Crippen LogP contribution in [0.15, 0.2) is 0 Å². The molecule has 0 aromatic heterocycles.